The number of nitrogens with one attached hydrogen (secondary N) is 2. The number of esters is 1. The van der Waals surface area contributed by atoms with Crippen molar-refractivity contribution in [2.24, 2.45) is 0 Å². The van der Waals surface area contributed by atoms with Crippen molar-refractivity contribution >= 4 is 29.7 Å². The Hall–Kier alpha value is -3.79. The fraction of sp³-hybridized carbons (Fsp3) is 0.522. The van der Waals surface area contributed by atoms with Crippen LogP contribution in [0.25, 0.3) is 0 Å². The maximum absolute atomic E-state index is 13.2. The summed E-state index contributed by atoms with van der Waals surface area (Å²) in [6.07, 6.45) is -10.5. The van der Waals surface area contributed by atoms with Crippen LogP contribution in [0.3, 0.4) is 0 Å². The molecule has 1 saturated heterocycles. The van der Waals surface area contributed by atoms with Gasteiger partial charge in [0.15, 0.2) is 6.10 Å². The number of benzene rings is 1. The predicted octanol–water partition coefficient (Wildman–Crippen LogP) is -1.88. The zero-order valence-electron chi connectivity index (χ0n) is 20.7. The monoisotopic (exact) mass is 542 g/mol. The first-order valence-corrected chi connectivity index (χ1v) is 11.4. The first kappa shape index (κ1) is 30.4. The Morgan fingerprint density at radius 3 is 2.21 bits per heavy atom. The second-order valence-corrected chi connectivity index (χ2v) is 8.75. The maximum atomic E-state index is 13.2. The van der Waals surface area contributed by atoms with Crippen molar-refractivity contribution in [1.82, 2.24) is 10.6 Å². The molecule has 15 heteroatoms. The Balaban J connectivity index is 2.42. The molecule has 0 radical (unpaired) electrons. The smallest absolute Gasteiger partial charge is 0.335 e. The number of carbonyl (C=O) groups is 5. The summed E-state index contributed by atoms with van der Waals surface area (Å²) in [5.41, 5.74) is -0.0474. The van der Waals surface area contributed by atoms with Gasteiger partial charge in [-0.1, -0.05) is 6.07 Å². The van der Waals surface area contributed by atoms with Crippen LogP contribution in [-0.4, -0.2) is 98.0 Å². The molecule has 6 atom stereocenters. The number of carbonyl (C=O) groups excluding carboxylic acids is 3. The Kier molecular flexibility index (Phi) is 10.5. The van der Waals surface area contributed by atoms with Gasteiger partial charge in [0.05, 0.1) is 12.0 Å². The van der Waals surface area contributed by atoms with Crippen LogP contribution in [0.2, 0.25) is 0 Å². The number of ether oxygens (including phenoxy) is 3. The molecule has 1 aromatic rings. The standard InChI is InChI=1S/C23H30N2O13/c1-9(2)24-21(33)13(7-15(27)28)25-20(32)12-6-11(8-36-10(3)26)4-5-14(12)37-23-18(31)16(29)17(30)19(38-23)22(34)35/h4-6,9,13,16-19,23,29-31H,7-8H2,1-3H3,(H,24,33)(H,25,32)(H,27,28)(H,34,35)/t13-,16-,17-,18+,19-,23+/m0/s1. The van der Waals surface area contributed by atoms with E-state index in [0.29, 0.717) is 0 Å². The Morgan fingerprint density at radius 2 is 1.66 bits per heavy atom. The summed E-state index contributed by atoms with van der Waals surface area (Å²) in [4.78, 5) is 59.5. The summed E-state index contributed by atoms with van der Waals surface area (Å²) in [6, 6.07) is 1.88. The van der Waals surface area contributed by atoms with Gasteiger partial charge in [0, 0.05) is 13.0 Å². The summed E-state index contributed by atoms with van der Waals surface area (Å²) in [7, 11) is 0. The molecule has 1 fully saturated rings. The molecule has 0 aliphatic carbocycles. The van der Waals surface area contributed by atoms with Crippen molar-refractivity contribution in [1.29, 1.82) is 0 Å². The average molecular weight is 542 g/mol. The number of aliphatic carboxylic acids is 2. The average Bonchev–Trinajstić information content (AvgIpc) is 2.82. The maximum Gasteiger partial charge on any atom is 0.335 e. The first-order chi connectivity index (χ1) is 17.7. The molecule has 0 bridgehead atoms. The van der Waals surface area contributed by atoms with Crippen molar-refractivity contribution in [3.8, 4) is 5.75 Å². The minimum atomic E-state index is -1.98. The van der Waals surface area contributed by atoms with E-state index in [-0.39, 0.29) is 29.5 Å². The molecule has 0 aromatic heterocycles. The van der Waals surface area contributed by atoms with Gasteiger partial charge in [-0.2, -0.15) is 0 Å². The minimum Gasteiger partial charge on any atom is -0.481 e. The lowest BCUT2D eigenvalue weighted by Crippen LogP contribution is -2.61. The van der Waals surface area contributed by atoms with Gasteiger partial charge in [-0.3, -0.25) is 19.2 Å². The molecule has 1 heterocycles. The quantitative estimate of drug-likeness (QED) is 0.152. The van der Waals surface area contributed by atoms with Gasteiger partial charge in [-0.25, -0.2) is 4.79 Å². The summed E-state index contributed by atoms with van der Waals surface area (Å²) >= 11 is 0. The molecule has 7 N–H and O–H groups in total. The van der Waals surface area contributed by atoms with E-state index < -0.39 is 72.9 Å². The lowest BCUT2D eigenvalue weighted by molar-refractivity contribution is -0.271. The van der Waals surface area contributed by atoms with Crippen LogP contribution in [0.5, 0.6) is 5.75 Å². The molecule has 15 nitrogen and oxygen atoms in total. The van der Waals surface area contributed by atoms with Gasteiger partial charge in [-0.05, 0) is 31.5 Å². The number of carboxylic acids is 2. The minimum absolute atomic E-state index is 0.267. The van der Waals surface area contributed by atoms with E-state index in [4.69, 9.17) is 14.2 Å². The zero-order chi connectivity index (χ0) is 28.7. The largest absolute Gasteiger partial charge is 0.481 e. The zero-order valence-corrected chi connectivity index (χ0v) is 20.7. The van der Waals surface area contributed by atoms with E-state index in [9.17, 15) is 49.5 Å². The number of amides is 2. The van der Waals surface area contributed by atoms with Crippen molar-refractivity contribution in [3.05, 3.63) is 29.3 Å². The molecular weight excluding hydrogens is 512 g/mol. The van der Waals surface area contributed by atoms with E-state index in [2.05, 4.69) is 10.6 Å². The van der Waals surface area contributed by atoms with Crippen LogP contribution in [0.4, 0.5) is 0 Å². The molecule has 2 amide bonds. The molecule has 210 valence electrons. The van der Waals surface area contributed by atoms with Crippen molar-refractivity contribution in [2.75, 3.05) is 0 Å². The number of carboxylic acid groups (broad SMARTS) is 2. The van der Waals surface area contributed by atoms with Crippen molar-refractivity contribution in [2.45, 2.75) is 76.6 Å². The SMILES string of the molecule is CC(=O)OCc1ccc(O[C@@H]2O[C@H](C(=O)O)[C@@H](O)[C@H](O)[C@H]2O)c(C(=O)N[C@@H](CC(=O)O)C(=O)NC(C)C)c1. The van der Waals surface area contributed by atoms with E-state index in [1.807, 2.05) is 0 Å². The molecule has 0 saturated carbocycles. The second-order valence-electron chi connectivity index (χ2n) is 8.75. The molecule has 38 heavy (non-hydrogen) atoms. The van der Waals surface area contributed by atoms with E-state index >= 15 is 0 Å². The van der Waals surface area contributed by atoms with Crippen molar-refractivity contribution in [3.63, 3.8) is 0 Å². The number of aliphatic hydroxyl groups is 3. The highest BCUT2D eigenvalue weighted by atomic mass is 16.7. The van der Waals surface area contributed by atoms with Gasteiger partial charge < -0.3 is 50.4 Å². The van der Waals surface area contributed by atoms with Crippen LogP contribution < -0.4 is 15.4 Å². The summed E-state index contributed by atoms with van der Waals surface area (Å²) in [5, 5.41) is 53.4. The van der Waals surface area contributed by atoms with Gasteiger partial charge in [0.25, 0.3) is 5.91 Å². The molecular formula is C23H30N2O13. The van der Waals surface area contributed by atoms with E-state index in [1.54, 1.807) is 13.8 Å². The lowest BCUT2D eigenvalue weighted by Gasteiger charge is -2.38. The van der Waals surface area contributed by atoms with Crippen LogP contribution in [0.1, 0.15) is 43.1 Å². The Morgan fingerprint density at radius 1 is 1.00 bits per heavy atom. The normalized spacial score (nSPS) is 23.7. The molecule has 1 aliphatic heterocycles. The fourth-order valence-electron chi connectivity index (χ4n) is 3.41. The second kappa shape index (κ2) is 13.1. The predicted molar refractivity (Wildman–Crippen MR) is 124 cm³/mol. The highest BCUT2D eigenvalue weighted by molar-refractivity contribution is 6.00. The third-order valence-corrected chi connectivity index (χ3v) is 5.22. The van der Waals surface area contributed by atoms with Gasteiger partial charge >= 0.3 is 17.9 Å². The summed E-state index contributed by atoms with van der Waals surface area (Å²) in [6.45, 7) is 4.16. The topological polar surface area (TPSA) is 238 Å². The number of hydrogen-bond acceptors (Lipinski definition) is 11. The van der Waals surface area contributed by atoms with E-state index in [0.717, 1.165) is 6.92 Å². The third kappa shape index (κ3) is 8.11. The summed E-state index contributed by atoms with van der Waals surface area (Å²) in [5.74, 6) is -5.75. The molecule has 0 unspecified atom stereocenters. The molecule has 1 aliphatic rings. The van der Waals surface area contributed by atoms with Crippen LogP contribution in [0, 0.1) is 0 Å². The number of aliphatic hydroxyl groups excluding tert-OH is 3. The van der Waals surface area contributed by atoms with Gasteiger partial charge in [0.2, 0.25) is 12.2 Å². The van der Waals surface area contributed by atoms with Gasteiger partial charge in [-0.15, -0.1) is 0 Å². The van der Waals surface area contributed by atoms with E-state index in [1.165, 1.54) is 18.2 Å². The van der Waals surface area contributed by atoms with Crippen molar-refractivity contribution < 1.29 is 63.7 Å². The molecule has 2 rings (SSSR count). The van der Waals surface area contributed by atoms with Crippen LogP contribution in [-0.2, 0) is 35.3 Å². The molecule has 0 spiro atoms. The Bertz CT molecular complexity index is 1060. The van der Waals surface area contributed by atoms with Crippen LogP contribution >= 0.6 is 0 Å². The highest BCUT2D eigenvalue weighted by Gasteiger charge is 2.48. The summed E-state index contributed by atoms with van der Waals surface area (Å²) < 4.78 is 15.5. The molecule has 1 aromatic carbocycles. The third-order valence-electron chi connectivity index (χ3n) is 5.22. The lowest BCUT2D eigenvalue weighted by atomic mass is 9.99. The van der Waals surface area contributed by atoms with Crippen LogP contribution in [0.15, 0.2) is 18.2 Å². The number of hydrogen-bond donors (Lipinski definition) is 7. The Labute approximate surface area is 216 Å². The first-order valence-electron chi connectivity index (χ1n) is 11.4. The highest BCUT2D eigenvalue weighted by Crippen LogP contribution is 2.28. The van der Waals surface area contributed by atoms with Gasteiger partial charge in [0.1, 0.15) is 36.7 Å². The number of rotatable bonds is 11. The fourth-order valence-corrected chi connectivity index (χ4v) is 3.41.